The van der Waals surface area contributed by atoms with Crippen LogP contribution in [0.3, 0.4) is 0 Å². The lowest BCUT2D eigenvalue weighted by atomic mass is 10.0. The van der Waals surface area contributed by atoms with Crippen molar-refractivity contribution in [2.75, 3.05) is 0 Å². The molecule has 2 rings (SSSR count). The highest BCUT2D eigenvalue weighted by molar-refractivity contribution is 7.85. The number of rotatable bonds is 6. The van der Waals surface area contributed by atoms with E-state index in [1.54, 1.807) is 12.1 Å². The molecule has 1 N–H and O–H groups in total. The minimum absolute atomic E-state index is 0.0221. The average molecular weight is 304 g/mol. The molecule has 0 aliphatic carbocycles. The zero-order valence-electron chi connectivity index (χ0n) is 12.1. The molecule has 2 aromatic rings. The number of hydrogen-bond acceptors (Lipinski definition) is 2. The monoisotopic (exact) mass is 304 g/mol. The summed E-state index contributed by atoms with van der Waals surface area (Å²) in [6, 6.07) is 15.1. The first-order valence-electron chi connectivity index (χ1n) is 7.08. The molecule has 0 bridgehead atoms. The van der Waals surface area contributed by atoms with Crippen molar-refractivity contribution in [3.05, 3.63) is 65.2 Å². The van der Waals surface area contributed by atoms with Crippen molar-refractivity contribution in [1.82, 2.24) is 0 Å². The van der Waals surface area contributed by atoms with Crippen LogP contribution in [0, 0.1) is 6.92 Å². The minimum Gasteiger partial charge on any atom is -0.282 e. The van der Waals surface area contributed by atoms with Crippen molar-refractivity contribution in [2.45, 2.75) is 37.5 Å². The third kappa shape index (κ3) is 4.69. The number of hydrogen-bond donors (Lipinski definition) is 1. The Balaban J connectivity index is 1.94. The molecule has 0 aliphatic heterocycles. The molecule has 0 fully saturated rings. The van der Waals surface area contributed by atoms with Gasteiger partial charge >= 0.3 is 0 Å². The zero-order valence-corrected chi connectivity index (χ0v) is 12.9. The highest BCUT2D eigenvalue weighted by Gasteiger charge is 2.11. The van der Waals surface area contributed by atoms with Crippen LogP contribution >= 0.6 is 0 Å². The Morgan fingerprint density at radius 1 is 0.952 bits per heavy atom. The van der Waals surface area contributed by atoms with Crippen LogP contribution in [0.4, 0.5) is 0 Å². The first-order valence-corrected chi connectivity index (χ1v) is 8.52. The summed E-state index contributed by atoms with van der Waals surface area (Å²) in [5, 5.41) is 0. The Morgan fingerprint density at radius 3 is 2.29 bits per heavy atom. The maximum absolute atomic E-state index is 11.2. The second kappa shape index (κ2) is 6.87. The topological polar surface area (TPSA) is 54.4 Å². The minimum atomic E-state index is -4.12. The van der Waals surface area contributed by atoms with Gasteiger partial charge in [-0.1, -0.05) is 36.4 Å². The molecular weight excluding hydrogens is 284 g/mol. The van der Waals surface area contributed by atoms with E-state index in [-0.39, 0.29) is 4.90 Å². The van der Waals surface area contributed by atoms with Gasteiger partial charge in [0.15, 0.2) is 0 Å². The largest absolute Gasteiger partial charge is 0.294 e. The summed E-state index contributed by atoms with van der Waals surface area (Å²) < 4.78 is 31.4. The quantitative estimate of drug-likeness (QED) is 0.652. The molecular formula is C17H20O3S. The van der Waals surface area contributed by atoms with Crippen LogP contribution in [0.15, 0.2) is 53.4 Å². The molecule has 0 saturated heterocycles. The van der Waals surface area contributed by atoms with E-state index in [4.69, 9.17) is 4.55 Å². The molecule has 0 radical (unpaired) electrons. The van der Waals surface area contributed by atoms with Gasteiger partial charge in [-0.2, -0.15) is 8.42 Å². The van der Waals surface area contributed by atoms with Crippen LogP contribution < -0.4 is 0 Å². The van der Waals surface area contributed by atoms with Gasteiger partial charge in [0.05, 0.1) is 4.90 Å². The first-order chi connectivity index (χ1) is 9.97. The van der Waals surface area contributed by atoms with Crippen LogP contribution in [0.2, 0.25) is 0 Å². The van der Waals surface area contributed by atoms with Crippen LogP contribution in [0.5, 0.6) is 0 Å². The van der Waals surface area contributed by atoms with Gasteiger partial charge in [0.1, 0.15) is 0 Å². The highest BCUT2D eigenvalue weighted by Crippen LogP contribution is 2.18. The van der Waals surface area contributed by atoms with E-state index in [9.17, 15) is 8.42 Å². The van der Waals surface area contributed by atoms with Crippen LogP contribution in [0.25, 0.3) is 0 Å². The SMILES string of the molecule is Cc1ccc(S(=O)(=O)O)cc1CCCCc1ccccc1. The van der Waals surface area contributed by atoms with E-state index in [2.05, 4.69) is 12.1 Å². The maximum atomic E-state index is 11.2. The molecule has 112 valence electrons. The van der Waals surface area contributed by atoms with E-state index in [1.165, 1.54) is 11.6 Å². The van der Waals surface area contributed by atoms with Gasteiger partial charge in [-0.05, 0) is 61.4 Å². The number of benzene rings is 2. The lowest BCUT2D eigenvalue weighted by Gasteiger charge is -2.08. The summed E-state index contributed by atoms with van der Waals surface area (Å²) in [6.45, 7) is 1.96. The maximum Gasteiger partial charge on any atom is 0.294 e. The third-order valence-corrected chi connectivity index (χ3v) is 4.47. The van der Waals surface area contributed by atoms with E-state index in [1.807, 2.05) is 25.1 Å². The summed E-state index contributed by atoms with van der Waals surface area (Å²) in [4.78, 5) is -0.0221. The number of aryl methyl sites for hydroxylation is 3. The van der Waals surface area contributed by atoms with Gasteiger partial charge in [-0.25, -0.2) is 0 Å². The van der Waals surface area contributed by atoms with E-state index in [0.717, 1.165) is 36.8 Å². The summed E-state index contributed by atoms with van der Waals surface area (Å²) in [5.74, 6) is 0. The molecule has 0 aromatic heterocycles. The van der Waals surface area contributed by atoms with Crippen molar-refractivity contribution >= 4 is 10.1 Å². The molecule has 0 saturated carbocycles. The Hall–Kier alpha value is -1.65. The Morgan fingerprint density at radius 2 is 1.62 bits per heavy atom. The summed E-state index contributed by atoms with van der Waals surface area (Å²) >= 11 is 0. The summed E-state index contributed by atoms with van der Waals surface area (Å²) in [6.07, 6.45) is 3.89. The third-order valence-electron chi connectivity index (χ3n) is 3.62. The highest BCUT2D eigenvalue weighted by atomic mass is 32.2. The molecule has 0 unspecified atom stereocenters. The predicted molar refractivity (Wildman–Crippen MR) is 84.1 cm³/mol. The molecule has 0 heterocycles. The zero-order chi connectivity index (χ0) is 15.3. The fourth-order valence-corrected chi connectivity index (χ4v) is 2.90. The van der Waals surface area contributed by atoms with Gasteiger partial charge in [0.2, 0.25) is 0 Å². The fourth-order valence-electron chi connectivity index (χ4n) is 2.37. The van der Waals surface area contributed by atoms with Gasteiger partial charge in [0, 0.05) is 0 Å². The standard InChI is InChI=1S/C17H20O3S/c1-14-11-12-17(21(18,19)20)13-16(14)10-6-5-9-15-7-3-2-4-8-15/h2-4,7-8,11-13H,5-6,9-10H2,1H3,(H,18,19,20). The fraction of sp³-hybridized carbons (Fsp3) is 0.294. The summed E-state index contributed by atoms with van der Waals surface area (Å²) in [5.41, 5.74) is 3.36. The van der Waals surface area contributed by atoms with Gasteiger partial charge in [0.25, 0.3) is 10.1 Å². The van der Waals surface area contributed by atoms with Crippen LogP contribution in [-0.2, 0) is 23.0 Å². The van der Waals surface area contributed by atoms with Crippen molar-refractivity contribution in [3.8, 4) is 0 Å². The van der Waals surface area contributed by atoms with Gasteiger partial charge in [-0.3, -0.25) is 4.55 Å². The predicted octanol–water partition coefficient (Wildman–Crippen LogP) is 3.81. The van der Waals surface area contributed by atoms with Gasteiger partial charge < -0.3 is 0 Å². The lowest BCUT2D eigenvalue weighted by molar-refractivity contribution is 0.483. The second-order valence-electron chi connectivity index (χ2n) is 5.26. The van der Waals surface area contributed by atoms with Crippen molar-refractivity contribution in [2.24, 2.45) is 0 Å². The summed E-state index contributed by atoms with van der Waals surface area (Å²) in [7, 11) is -4.12. The number of unbranched alkanes of at least 4 members (excludes halogenated alkanes) is 1. The lowest BCUT2D eigenvalue weighted by Crippen LogP contribution is -2.00. The van der Waals surface area contributed by atoms with E-state index < -0.39 is 10.1 Å². The normalized spacial score (nSPS) is 11.5. The Kier molecular flexibility index (Phi) is 5.15. The Bertz CT molecular complexity index is 691. The smallest absolute Gasteiger partial charge is 0.282 e. The van der Waals surface area contributed by atoms with E-state index >= 15 is 0 Å². The van der Waals surface area contributed by atoms with Crippen LogP contribution in [-0.4, -0.2) is 13.0 Å². The van der Waals surface area contributed by atoms with Crippen molar-refractivity contribution in [3.63, 3.8) is 0 Å². The molecule has 0 atom stereocenters. The molecule has 0 aliphatic rings. The average Bonchev–Trinajstić information content (AvgIpc) is 2.45. The van der Waals surface area contributed by atoms with Gasteiger partial charge in [-0.15, -0.1) is 0 Å². The molecule has 4 heteroatoms. The Labute approximate surface area is 126 Å². The first kappa shape index (κ1) is 15.7. The van der Waals surface area contributed by atoms with E-state index in [0.29, 0.717) is 0 Å². The van der Waals surface area contributed by atoms with Crippen molar-refractivity contribution in [1.29, 1.82) is 0 Å². The van der Waals surface area contributed by atoms with Crippen LogP contribution in [0.1, 0.15) is 29.5 Å². The molecule has 0 spiro atoms. The molecule has 21 heavy (non-hydrogen) atoms. The molecule has 2 aromatic carbocycles. The molecule has 3 nitrogen and oxygen atoms in total. The molecule has 0 amide bonds. The van der Waals surface area contributed by atoms with Crippen molar-refractivity contribution < 1.29 is 13.0 Å². The second-order valence-corrected chi connectivity index (χ2v) is 6.68.